The van der Waals surface area contributed by atoms with E-state index in [1.165, 1.54) is 10.4 Å². The number of benzene rings is 1. The van der Waals surface area contributed by atoms with Crippen LogP contribution in [0.4, 0.5) is 0 Å². The zero-order valence-corrected chi connectivity index (χ0v) is 16.6. The molecule has 0 spiro atoms. The number of nitrogens with one attached hydrogen (secondary N) is 1. The van der Waals surface area contributed by atoms with Crippen LogP contribution in [-0.4, -0.2) is 36.7 Å². The second kappa shape index (κ2) is 8.62. The van der Waals surface area contributed by atoms with Gasteiger partial charge in [0.15, 0.2) is 0 Å². The predicted octanol–water partition coefficient (Wildman–Crippen LogP) is 3.00. The molecular weight excluding hydrogens is 374 g/mol. The van der Waals surface area contributed by atoms with Crippen molar-refractivity contribution in [2.75, 3.05) is 13.1 Å². The first-order valence-electron chi connectivity index (χ1n) is 8.29. The first-order chi connectivity index (χ1) is 12.3. The van der Waals surface area contributed by atoms with Gasteiger partial charge in [-0.15, -0.1) is 0 Å². The van der Waals surface area contributed by atoms with E-state index in [4.69, 9.17) is 11.6 Å². The summed E-state index contributed by atoms with van der Waals surface area (Å²) < 4.78 is 26.9. The molecule has 1 heterocycles. The van der Waals surface area contributed by atoms with E-state index in [9.17, 15) is 13.2 Å². The molecule has 0 bridgehead atoms. The summed E-state index contributed by atoms with van der Waals surface area (Å²) in [6.07, 6.45) is 1.58. The second-order valence-electron chi connectivity index (χ2n) is 5.74. The van der Waals surface area contributed by atoms with Crippen molar-refractivity contribution in [2.45, 2.75) is 32.2 Å². The molecule has 2 aromatic rings. The number of pyridine rings is 1. The molecule has 26 heavy (non-hydrogen) atoms. The Balaban J connectivity index is 2.22. The van der Waals surface area contributed by atoms with E-state index in [0.717, 1.165) is 5.56 Å². The van der Waals surface area contributed by atoms with E-state index in [0.29, 0.717) is 29.4 Å². The van der Waals surface area contributed by atoms with Crippen LogP contribution in [0.25, 0.3) is 0 Å². The van der Waals surface area contributed by atoms with Gasteiger partial charge < -0.3 is 5.32 Å². The summed E-state index contributed by atoms with van der Waals surface area (Å²) in [5.74, 6) is -0.351. The van der Waals surface area contributed by atoms with Gasteiger partial charge in [-0.05, 0) is 36.2 Å². The Morgan fingerprint density at radius 2 is 1.88 bits per heavy atom. The van der Waals surface area contributed by atoms with Gasteiger partial charge in [0, 0.05) is 31.4 Å². The highest BCUT2D eigenvalue weighted by Crippen LogP contribution is 2.21. The van der Waals surface area contributed by atoms with E-state index in [1.54, 1.807) is 51.2 Å². The monoisotopic (exact) mass is 395 g/mol. The molecule has 0 saturated carbocycles. The molecule has 2 rings (SSSR count). The van der Waals surface area contributed by atoms with Crippen LogP contribution in [0.3, 0.4) is 0 Å². The Bertz CT molecular complexity index is 879. The zero-order chi connectivity index (χ0) is 19.3. The van der Waals surface area contributed by atoms with Crippen LogP contribution < -0.4 is 5.32 Å². The molecule has 0 saturated heterocycles. The molecule has 0 fully saturated rings. The standard InChI is InChI=1S/C18H22ClN3O3S/c1-4-22(5-2)26(24,25)16-10-15(8-6-13(16)3)18(23)21-12-14-7-9-17(19)20-11-14/h6-11H,4-5,12H2,1-3H3,(H,21,23). The minimum atomic E-state index is -3.63. The highest BCUT2D eigenvalue weighted by molar-refractivity contribution is 7.89. The van der Waals surface area contributed by atoms with Crippen LogP contribution in [0.5, 0.6) is 0 Å². The number of hydrogen-bond acceptors (Lipinski definition) is 4. The van der Waals surface area contributed by atoms with Crippen LogP contribution in [0.2, 0.25) is 5.15 Å². The lowest BCUT2D eigenvalue weighted by molar-refractivity contribution is 0.0950. The molecule has 1 N–H and O–H groups in total. The number of amides is 1. The maximum atomic E-state index is 12.8. The maximum Gasteiger partial charge on any atom is 0.251 e. The SMILES string of the molecule is CCN(CC)S(=O)(=O)c1cc(C(=O)NCc2ccc(Cl)nc2)ccc1C. The van der Waals surface area contributed by atoms with Gasteiger partial charge in [0.05, 0.1) is 4.90 Å². The topological polar surface area (TPSA) is 79.4 Å². The van der Waals surface area contributed by atoms with Crippen LogP contribution in [0, 0.1) is 6.92 Å². The van der Waals surface area contributed by atoms with Gasteiger partial charge in [-0.25, -0.2) is 13.4 Å². The Hall–Kier alpha value is -1.96. The number of carbonyl (C=O) groups is 1. The fourth-order valence-electron chi connectivity index (χ4n) is 2.52. The average molecular weight is 396 g/mol. The molecule has 140 valence electrons. The minimum Gasteiger partial charge on any atom is -0.348 e. The lowest BCUT2D eigenvalue weighted by Crippen LogP contribution is -2.31. The third-order valence-corrected chi connectivity index (χ3v) is 6.43. The lowest BCUT2D eigenvalue weighted by atomic mass is 10.1. The normalized spacial score (nSPS) is 11.6. The van der Waals surface area contributed by atoms with E-state index in [-0.39, 0.29) is 17.3 Å². The lowest BCUT2D eigenvalue weighted by Gasteiger charge is -2.20. The predicted molar refractivity (Wildman–Crippen MR) is 102 cm³/mol. The smallest absolute Gasteiger partial charge is 0.251 e. The third-order valence-electron chi connectivity index (χ3n) is 4.02. The summed E-state index contributed by atoms with van der Waals surface area (Å²) in [5.41, 5.74) is 1.70. The summed E-state index contributed by atoms with van der Waals surface area (Å²) in [5, 5.41) is 3.14. The average Bonchev–Trinajstić information content (AvgIpc) is 2.62. The van der Waals surface area contributed by atoms with Gasteiger partial charge in [0.1, 0.15) is 5.15 Å². The van der Waals surface area contributed by atoms with Crippen LogP contribution >= 0.6 is 11.6 Å². The Kier molecular flexibility index (Phi) is 6.75. The van der Waals surface area contributed by atoms with E-state index < -0.39 is 10.0 Å². The van der Waals surface area contributed by atoms with Gasteiger partial charge in [-0.1, -0.05) is 37.6 Å². The van der Waals surface area contributed by atoms with Gasteiger partial charge in [-0.2, -0.15) is 4.31 Å². The first-order valence-corrected chi connectivity index (χ1v) is 10.1. The summed E-state index contributed by atoms with van der Waals surface area (Å²) in [7, 11) is -3.63. The van der Waals surface area contributed by atoms with E-state index >= 15 is 0 Å². The van der Waals surface area contributed by atoms with Gasteiger partial charge in [0.2, 0.25) is 10.0 Å². The Morgan fingerprint density at radius 3 is 2.46 bits per heavy atom. The van der Waals surface area contributed by atoms with Crippen LogP contribution in [-0.2, 0) is 16.6 Å². The van der Waals surface area contributed by atoms with Crippen LogP contribution in [0.15, 0.2) is 41.4 Å². The fourth-order valence-corrected chi connectivity index (χ4v) is 4.34. The summed E-state index contributed by atoms with van der Waals surface area (Å²) >= 11 is 5.74. The molecule has 0 aliphatic carbocycles. The molecule has 6 nitrogen and oxygen atoms in total. The molecule has 0 aliphatic rings. The second-order valence-corrected chi connectivity index (χ2v) is 8.04. The number of carbonyl (C=O) groups excluding carboxylic acids is 1. The Labute approximate surface area is 159 Å². The molecule has 1 aromatic carbocycles. The number of sulfonamides is 1. The number of rotatable bonds is 7. The number of aromatic nitrogens is 1. The van der Waals surface area contributed by atoms with Gasteiger partial charge in [-0.3, -0.25) is 4.79 Å². The molecule has 8 heteroatoms. The maximum absolute atomic E-state index is 12.8. The Morgan fingerprint density at radius 1 is 1.19 bits per heavy atom. The fraction of sp³-hybridized carbons (Fsp3) is 0.333. The number of hydrogen-bond donors (Lipinski definition) is 1. The summed E-state index contributed by atoms with van der Waals surface area (Å²) in [6, 6.07) is 8.10. The molecular formula is C18H22ClN3O3S. The summed E-state index contributed by atoms with van der Waals surface area (Å²) in [6.45, 7) is 6.31. The van der Waals surface area contributed by atoms with Crippen molar-refractivity contribution in [2.24, 2.45) is 0 Å². The van der Waals surface area contributed by atoms with Gasteiger partial charge >= 0.3 is 0 Å². The highest BCUT2D eigenvalue weighted by Gasteiger charge is 2.24. The van der Waals surface area contributed by atoms with Gasteiger partial charge in [0.25, 0.3) is 5.91 Å². The molecule has 0 radical (unpaired) electrons. The third kappa shape index (κ3) is 4.60. The highest BCUT2D eigenvalue weighted by atomic mass is 35.5. The number of aryl methyl sites for hydroxylation is 1. The van der Waals surface area contributed by atoms with Crippen LogP contribution in [0.1, 0.15) is 35.3 Å². The van der Waals surface area contributed by atoms with Crippen molar-refractivity contribution in [3.05, 3.63) is 58.4 Å². The zero-order valence-electron chi connectivity index (χ0n) is 15.0. The van der Waals surface area contributed by atoms with Crippen molar-refractivity contribution >= 4 is 27.5 Å². The largest absolute Gasteiger partial charge is 0.348 e. The van der Waals surface area contributed by atoms with Crippen molar-refractivity contribution in [1.29, 1.82) is 0 Å². The number of nitrogens with zero attached hydrogens (tertiary/aromatic N) is 2. The molecule has 1 amide bonds. The first kappa shape index (κ1) is 20.4. The van der Waals surface area contributed by atoms with Crippen molar-refractivity contribution in [1.82, 2.24) is 14.6 Å². The number of halogens is 1. The van der Waals surface area contributed by atoms with E-state index in [2.05, 4.69) is 10.3 Å². The summed E-state index contributed by atoms with van der Waals surface area (Å²) in [4.78, 5) is 16.5. The molecule has 1 aromatic heterocycles. The quantitative estimate of drug-likeness (QED) is 0.731. The van der Waals surface area contributed by atoms with E-state index in [1.807, 2.05) is 0 Å². The minimum absolute atomic E-state index is 0.155. The van der Waals surface area contributed by atoms with Crippen molar-refractivity contribution < 1.29 is 13.2 Å². The molecule has 0 unspecified atom stereocenters. The van der Waals surface area contributed by atoms with Crippen molar-refractivity contribution in [3.63, 3.8) is 0 Å². The van der Waals surface area contributed by atoms with Crippen molar-refractivity contribution in [3.8, 4) is 0 Å². The molecule has 0 atom stereocenters. The molecule has 0 aliphatic heterocycles.